The number of thiophene rings is 1. The molecule has 0 aliphatic carbocycles. The number of nitrogens with one attached hydrogen (secondary N) is 2. The molecular weight excluding hydrogens is 449 g/mol. The van der Waals surface area contributed by atoms with Crippen LogP contribution in [0.5, 0.6) is 11.5 Å². The van der Waals surface area contributed by atoms with Crippen LogP contribution in [0.4, 0.5) is 0 Å². The predicted octanol–water partition coefficient (Wildman–Crippen LogP) is 3.82. The Labute approximate surface area is 170 Å². The maximum Gasteiger partial charge on any atom is 0.191 e. The predicted molar refractivity (Wildman–Crippen MR) is 116 cm³/mol. The SMILES string of the molecule is CN=C(NCCCOc1ccc(OC)cc1)NCc1ccc(C)s1.I. The van der Waals surface area contributed by atoms with Crippen LogP contribution in [0.1, 0.15) is 16.2 Å². The molecule has 0 unspecified atom stereocenters. The van der Waals surface area contributed by atoms with Crippen molar-refractivity contribution < 1.29 is 9.47 Å². The Hall–Kier alpha value is -1.48. The molecule has 0 radical (unpaired) electrons. The third-order valence-electron chi connectivity index (χ3n) is 3.39. The lowest BCUT2D eigenvalue weighted by Gasteiger charge is -2.11. The van der Waals surface area contributed by atoms with E-state index in [1.54, 1.807) is 25.5 Å². The number of hydrogen-bond acceptors (Lipinski definition) is 4. The van der Waals surface area contributed by atoms with E-state index in [0.29, 0.717) is 6.61 Å². The number of aryl methyl sites for hydroxylation is 1. The minimum Gasteiger partial charge on any atom is -0.497 e. The van der Waals surface area contributed by atoms with Gasteiger partial charge in [-0.2, -0.15) is 0 Å². The number of hydrogen-bond donors (Lipinski definition) is 2. The zero-order chi connectivity index (χ0) is 17.2. The molecule has 1 aromatic carbocycles. The maximum absolute atomic E-state index is 5.70. The van der Waals surface area contributed by atoms with Crippen LogP contribution in [0, 0.1) is 6.92 Å². The standard InChI is InChI=1S/C18H25N3O2S.HI/c1-14-5-10-17(24-14)13-21-18(19-2)20-11-4-12-23-16-8-6-15(22-3)7-9-16;/h5-10H,4,11-13H2,1-3H3,(H2,19,20,21);1H. The molecule has 0 aliphatic heterocycles. The Balaban J connectivity index is 0.00000312. The van der Waals surface area contributed by atoms with E-state index in [-0.39, 0.29) is 24.0 Å². The second-order valence-corrected chi connectivity index (χ2v) is 6.61. The number of rotatable bonds is 8. The summed E-state index contributed by atoms with van der Waals surface area (Å²) in [5.74, 6) is 2.50. The van der Waals surface area contributed by atoms with Crippen LogP contribution in [0.15, 0.2) is 41.4 Å². The molecule has 1 aromatic heterocycles. The van der Waals surface area contributed by atoms with Gasteiger partial charge in [-0.1, -0.05) is 0 Å². The molecule has 0 saturated carbocycles. The van der Waals surface area contributed by atoms with Gasteiger partial charge in [0, 0.05) is 23.3 Å². The lowest BCUT2D eigenvalue weighted by molar-refractivity contribution is 0.310. The van der Waals surface area contributed by atoms with E-state index in [1.807, 2.05) is 24.3 Å². The normalized spacial score (nSPS) is 10.8. The summed E-state index contributed by atoms with van der Waals surface area (Å²) >= 11 is 1.80. The molecule has 2 aromatic rings. The van der Waals surface area contributed by atoms with Gasteiger partial charge in [-0.25, -0.2) is 0 Å². The smallest absolute Gasteiger partial charge is 0.191 e. The van der Waals surface area contributed by atoms with Gasteiger partial charge in [0.1, 0.15) is 11.5 Å². The Morgan fingerprint density at radius 2 is 1.80 bits per heavy atom. The average molecular weight is 475 g/mol. The number of benzene rings is 1. The van der Waals surface area contributed by atoms with E-state index < -0.39 is 0 Å². The van der Waals surface area contributed by atoms with E-state index in [2.05, 4.69) is 34.7 Å². The lowest BCUT2D eigenvalue weighted by atomic mass is 10.3. The minimum atomic E-state index is 0. The van der Waals surface area contributed by atoms with Gasteiger partial charge in [0.25, 0.3) is 0 Å². The zero-order valence-electron chi connectivity index (χ0n) is 14.9. The molecule has 0 aliphatic rings. The minimum absolute atomic E-state index is 0. The highest BCUT2D eigenvalue weighted by molar-refractivity contribution is 14.0. The molecular formula is C18H26IN3O2S. The van der Waals surface area contributed by atoms with Gasteiger partial charge in [0.2, 0.25) is 0 Å². The van der Waals surface area contributed by atoms with Gasteiger partial charge in [-0.05, 0) is 49.7 Å². The average Bonchev–Trinajstić information content (AvgIpc) is 3.03. The van der Waals surface area contributed by atoms with Crippen molar-refractivity contribution in [3.05, 3.63) is 46.2 Å². The first-order chi connectivity index (χ1) is 11.7. The van der Waals surface area contributed by atoms with Gasteiger partial charge >= 0.3 is 0 Å². The zero-order valence-corrected chi connectivity index (χ0v) is 18.0. The number of ether oxygens (including phenoxy) is 2. The van der Waals surface area contributed by atoms with Gasteiger partial charge in [0.05, 0.1) is 20.3 Å². The fraction of sp³-hybridized carbons (Fsp3) is 0.389. The van der Waals surface area contributed by atoms with Gasteiger partial charge in [-0.15, -0.1) is 35.3 Å². The third kappa shape index (κ3) is 7.96. The molecule has 2 rings (SSSR count). The number of aliphatic imine (C=N–C) groups is 1. The number of guanidine groups is 1. The summed E-state index contributed by atoms with van der Waals surface area (Å²) < 4.78 is 10.8. The van der Waals surface area contributed by atoms with Crippen LogP contribution in [0.2, 0.25) is 0 Å². The topological polar surface area (TPSA) is 54.9 Å². The first-order valence-corrected chi connectivity index (χ1v) is 8.79. The molecule has 138 valence electrons. The van der Waals surface area contributed by atoms with E-state index in [9.17, 15) is 0 Å². The van der Waals surface area contributed by atoms with Crippen molar-refractivity contribution >= 4 is 41.3 Å². The maximum atomic E-state index is 5.70. The van der Waals surface area contributed by atoms with Gasteiger partial charge in [-0.3, -0.25) is 4.99 Å². The molecule has 0 bridgehead atoms. The van der Waals surface area contributed by atoms with Crippen molar-refractivity contribution in [3.63, 3.8) is 0 Å². The molecule has 0 atom stereocenters. The molecule has 25 heavy (non-hydrogen) atoms. The van der Waals surface area contributed by atoms with Gasteiger partial charge < -0.3 is 20.1 Å². The van der Waals surface area contributed by atoms with E-state index in [4.69, 9.17) is 9.47 Å². The summed E-state index contributed by atoms with van der Waals surface area (Å²) in [6, 6.07) is 11.9. The summed E-state index contributed by atoms with van der Waals surface area (Å²) in [6.45, 7) is 4.37. The molecule has 5 nitrogen and oxygen atoms in total. The summed E-state index contributed by atoms with van der Waals surface area (Å²) in [5.41, 5.74) is 0. The largest absolute Gasteiger partial charge is 0.497 e. The molecule has 0 fully saturated rings. The van der Waals surface area contributed by atoms with Crippen LogP contribution >= 0.6 is 35.3 Å². The van der Waals surface area contributed by atoms with E-state index >= 15 is 0 Å². The fourth-order valence-electron chi connectivity index (χ4n) is 2.11. The Bertz CT molecular complexity index is 644. The summed E-state index contributed by atoms with van der Waals surface area (Å²) in [6.07, 6.45) is 0.894. The van der Waals surface area contributed by atoms with Crippen molar-refractivity contribution in [2.24, 2.45) is 4.99 Å². The summed E-state index contributed by atoms with van der Waals surface area (Å²) in [7, 11) is 3.44. The third-order valence-corrected chi connectivity index (χ3v) is 4.39. The van der Waals surface area contributed by atoms with Crippen molar-refractivity contribution in [2.75, 3.05) is 27.3 Å². The molecule has 0 saturated heterocycles. The van der Waals surface area contributed by atoms with Crippen LogP contribution in [0.3, 0.4) is 0 Å². The highest BCUT2D eigenvalue weighted by atomic mass is 127. The first-order valence-electron chi connectivity index (χ1n) is 7.98. The highest BCUT2D eigenvalue weighted by Crippen LogP contribution is 2.17. The first kappa shape index (κ1) is 21.6. The van der Waals surface area contributed by atoms with E-state index in [0.717, 1.165) is 37.0 Å². The van der Waals surface area contributed by atoms with Crippen molar-refractivity contribution in [3.8, 4) is 11.5 Å². The van der Waals surface area contributed by atoms with Gasteiger partial charge in [0.15, 0.2) is 5.96 Å². The Morgan fingerprint density at radius 1 is 1.08 bits per heavy atom. The van der Waals surface area contributed by atoms with Crippen LogP contribution in [-0.4, -0.2) is 33.3 Å². The second kappa shape index (κ2) is 12.0. The Morgan fingerprint density at radius 3 is 2.40 bits per heavy atom. The van der Waals surface area contributed by atoms with E-state index in [1.165, 1.54) is 9.75 Å². The molecule has 2 N–H and O–H groups in total. The Kier molecular flexibility index (Phi) is 10.3. The second-order valence-electron chi connectivity index (χ2n) is 5.24. The summed E-state index contributed by atoms with van der Waals surface area (Å²) in [5, 5.41) is 6.61. The number of halogens is 1. The van der Waals surface area contributed by atoms with Crippen LogP contribution in [0.25, 0.3) is 0 Å². The van der Waals surface area contributed by atoms with Crippen molar-refractivity contribution in [1.82, 2.24) is 10.6 Å². The molecule has 7 heteroatoms. The molecule has 1 heterocycles. The monoisotopic (exact) mass is 475 g/mol. The number of methoxy groups -OCH3 is 1. The van der Waals surface area contributed by atoms with Crippen LogP contribution < -0.4 is 20.1 Å². The van der Waals surface area contributed by atoms with Crippen molar-refractivity contribution in [2.45, 2.75) is 19.9 Å². The molecule has 0 spiro atoms. The summed E-state index contributed by atoms with van der Waals surface area (Å²) in [4.78, 5) is 6.86. The number of nitrogens with zero attached hydrogens (tertiary/aromatic N) is 1. The fourth-order valence-corrected chi connectivity index (χ4v) is 2.94. The highest BCUT2D eigenvalue weighted by Gasteiger charge is 2.00. The molecule has 0 amide bonds. The van der Waals surface area contributed by atoms with Crippen LogP contribution in [-0.2, 0) is 6.54 Å². The quantitative estimate of drug-likeness (QED) is 0.264. The van der Waals surface area contributed by atoms with Crippen molar-refractivity contribution in [1.29, 1.82) is 0 Å². The lowest BCUT2D eigenvalue weighted by Crippen LogP contribution is -2.37.